The Balaban J connectivity index is 0.000000217. The van der Waals surface area contributed by atoms with Crippen LogP contribution in [0.5, 0.6) is 0 Å². The van der Waals surface area contributed by atoms with Gasteiger partial charge in [0.05, 0.1) is 0 Å². The number of hydrogen-bond acceptors (Lipinski definition) is 5. The molecule has 0 radical (unpaired) electrons. The SMILES string of the molecule is O=C(O)c1[nH]c(=O)[nH]c(=O)c1F.O=c1cc[nH]c(=O)[nH]1. The van der Waals surface area contributed by atoms with Crippen LogP contribution >= 0.6 is 0 Å². The van der Waals surface area contributed by atoms with Gasteiger partial charge in [-0.2, -0.15) is 4.39 Å². The first-order valence-corrected chi connectivity index (χ1v) is 4.84. The number of aromatic carboxylic acids is 1. The highest BCUT2D eigenvalue weighted by Crippen LogP contribution is 1.92. The second-order valence-corrected chi connectivity index (χ2v) is 3.20. The quantitative estimate of drug-likeness (QED) is 0.404. The number of carboxylic acids is 1. The van der Waals surface area contributed by atoms with Gasteiger partial charge in [0.15, 0.2) is 5.69 Å². The fraction of sp³-hybridized carbons (Fsp3) is 0. The third kappa shape index (κ3) is 3.90. The van der Waals surface area contributed by atoms with Gasteiger partial charge in [0, 0.05) is 12.3 Å². The molecule has 0 unspecified atom stereocenters. The lowest BCUT2D eigenvalue weighted by Gasteiger charge is -1.93. The number of nitrogens with one attached hydrogen (secondary N) is 4. The fourth-order valence-corrected chi connectivity index (χ4v) is 1.00. The molecule has 0 aliphatic carbocycles. The molecule has 0 saturated heterocycles. The Morgan fingerprint density at radius 2 is 1.70 bits per heavy atom. The van der Waals surface area contributed by atoms with E-state index in [1.165, 1.54) is 17.2 Å². The zero-order chi connectivity index (χ0) is 15.3. The fourth-order valence-electron chi connectivity index (χ4n) is 1.00. The summed E-state index contributed by atoms with van der Waals surface area (Å²) in [5, 5.41) is 8.25. The van der Waals surface area contributed by atoms with Crippen molar-refractivity contribution in [3.63, 3.8) is 0 Å². The number of rotatable bonds is 1. The third-order valence-corrected chi connectivity index (χ3v) is 1.78. The van der Waals surface area contributed by atoms with Crippen molar-refractivity contribution >= 4 is 5.97 Å². The number of carboxylic acid groups (broad SMARTS) is 1. The lowest BCUT2D eigenvalue weighted by Crippen LogP contribution is -2.29. The van der Waals surface area contributed by atoms with Gasteiger partial charge in [-0.3, -0.25) is 24.5 Å². The van der Waals surface area contributed by atoms with Crippen molar-refractivity contribution in [1.29, 1.82) is 0 Å². The molecule has 0 amide bonds. The first-order chi connectivity index (χ1) is 9.31. The Hall–Kier alpha value is -3.24. The van der Waals surface area contributed by atoms with Gasteiger partial charge in [0.1, 0.15) is 0 Å². The molecule has 0 saturated carbocycles. The van der Waals surface area contributed by atoms with Crippen LogP contribution in [-0.4, -0.2) is 31.0 Å². The molecule has 2 aromatic heterocycles. The highest BCUT2D eigenvalue weighted by atomic mass is 19.1. The summed E-state index contributed by atoms with van der Waals surface area (Å²) >= 11 is 0. The number of hydrogen-bond donors (Lipinski definition) is 5. The Bertz CT molecular complexity index is 819. The highest BCUT2D eigenvalue weighted by molar-refractivity contribution is 5.85. The molecule has 2 aromatic rings. The molecule has 0 aromatic carbocycles. The van der Waals surface area contributed by atoms with E-state index in [1.54, 1.807) is 4.98 Å². The molecule has 0 aliphatic heterocycles. The Kier molecular flexibility index (Phi) is 4.51. The summed E-state index contributed by atoms with van der Waals surface area (Å²) in [6.07, 6.45) is 1.29. The first kappa shape index (κ1) is 14.8. The van der Waals surface area contributed by atoms with E-state index >= 15 is 0 Å². The molecule has 0 spiro atoms. The zero-order valence-electron chi connectivity index (χ0n) is 9.52. The minimum absolute atomic E-state index is 0.381. The van der Waals surface area contributed by atoms with E-state index in [9.17, 15) is 28.4 Å². The van der Waals surface area contributed by atoms with E-state index in [-0.39, 0.29) is 5.56 Å². The van der Waals surface area contributed by atoms with E-state index < -0.39 is 34.4 Å². The van der Waals surface area contributed by atoms with Crippen molar-refractivity contribution in [2.24, 2.45) is 0 Å². The summed E-state index contributed by atoms with van der Waals surface area (Å²) in [7, 11) is 0. The third-order valence-electron chi connectivity index (χ3n) is 1.78. The van der Waals surface area contributed by atoms with Crippen LogP contribution in [0.3, 0.4) is 0 Å². The van der Waals surface area contributed by atoms with Crippen molar-refractivity contribution < 1.29 is 14.3 Å². The molecule has 0 bridgehead atoms. The van der Waals surface area contributed by atoms with Gasteiger partial charge in [0.2, 0.25) is 5.82 Å². The summed E-state index contributed by atoms with van der Waals surface area (Å²) in [4.78, 5) is 58.9. The molecule has 20 heavy (non-hydrogen) atoms. The van der Waals surface area contributed by atoms with Crippen LogP contribution in [-0.2, 0) is 0 Å². The van der Waals surface area contributed by atoms with Gasteiger partial charge in [-0.1, -0.05) is 0 Å². The second-order valence-electron chi connectivity index (χ2n) is 3.20. The van der Waals surface area contributed by atoms with Crippen molar-refractivity contribution in [2.45, 2.75) is 0 Å². The van der Waals surface area contributed by atoms with Crippen LogP contribution in [0, 0.1) is 5.82 Å². The molecule has 2 heterocycles. The summed E-state index contributed by atoms with van der Waals surface area (Å²) in [6.45, 7) is 0. The van der Waals surface area contributed by atoms with Gasteiger partial charge in [-0.05, 0) is 0 Å². The summed E-state index contributed by atoms with van der Waals surface area (Å²) in [5.74, 6) is -3.21. The van der Waals surface area contributed by atoms with Gasteiger partial charge < -0.3 is 10.1 Å². The minimum Gasteiger partial charge on any atom is -0.476 e. The van der Waals surface area contributed by atoms with Crippen LogP contribution < -0.4 is 22.5 Å². The largest absolute Gasteiger partial charge is 0.476 e. The van der Waals surface area contributed by atoms with Gasteiger partial charge in [-0.15, -0.1) is 0 Å². The molecule has 0 aliphatic rings. The summed E-state index contributed by atoms with van der Waals surface area (Å²) in [5.41, 5.74) is -4.30. The predicted octanol–water partition coefficient (Wildman–Crippen LogP) is -2.04. The molecular weight excluding hydrogens is 279 g/mol. The normalized spacial score (nSPS) is 9.45. The van der Waals surface area contributed by atoms with E-state index in [1.807, 2.05) is 4.98 Å². The van der Waals surface area contributed by atoms with E-state index in [4.69, 9.17) is 5.11 Å². The highest BCUT2D eigenvalue weighted by Gasteiger charge is 2.14. The summed E-state index contributed by atoms with van der Waals surface area (Å²) < 4.78 is 12.5. The Labute approximate surface area is 107 Å². The second kappa shape index (κ2) is 6.08. The van der Waals surface area contributed by atoms with Crippen LogP contribution in [0.25, 0.3) is 0 Å². The van der Waals surface area contributed by atoms with Crippen molar-refractivity contribution in [2.75, 3.05) is 0 Å². The van der Waals surface area contributed by atoms with Crippen LogP contribution in [0.15, 0.2) is 31.4 Å². The minimum atomic E-state index is -1.70. The van der Waals surface area contributed by atoms with E-state index in [0.717, 1.165) is 0 Å². The average Bonchev–Trinajstić information content (AvgIpc) is 2.34. The number of H-pyrrole nitrogens is 4. The number of carbonyl (C=O) groups is 1. The van der Waals surface area contributed by atoms with Crippen molar-refractivity contribution in [3.05, 3.63) is 65.5 Å². The molecule has 11 heteroatoms. The molecule has 0 atom stereocenters. The Morgan fingerprint density at radius 1 is 1.05 bits per heavy atom. The van der Waals surface area contributed by atoms with Crippen LogP contribution in [0.1, 0.15) is 10.5 Å². The van der Waals surface area contributed by atoms with Gasteiger partial charge >= 0.3 is 17.3 Å². The molecule has 2 rings (SSSR count). The Morgan fingerprint density at radius 3 is 2.15 bits per heavy atom. The van der Waals surface area contributed by atoms with Gasteiger partial charge in [0.25, 0.3) is 11.1 Å². The van der Waals surface area contributed by atoms with Crippen LogP contribution in [0.4, 0.5) is 4.39 Å². The lowest BCUT2D eigenvalue weighted by molar-refractivity contribution is 0.0683. The predicted molar refractivity (Wildman–Crippen MR) is 62.3 cm³/mol. The zero-order valence-corrected chi connectivity index (χ0v) is 9.52. The number of aromatic amines is 4. The van der Waals surface area contributed by atoms with E-state index in [2.05, 4.69) is 4.98 Å². The van der Waals surface area contributed by atoms with Crippen molar-refractivity contribution in [1.82, 2.24) is 19.9 Å². The van der Waals surface area contributed by atoms with Gasteiger partial charge in [-0.25, -0.2) is 14.4 Å². The van der Waals surface area contributed by atoms with Crippen molar-refractivity contribution in [3.8, 4) is 0 Å². The maximum atomic E-state index is 12.5. The monoisotopic (exact) mass is 286 g/mol. The molecule has 106 valence electrons. The molecule has 5 N–H and O–H groups in total. The number of halogens is 1. The standard InChI is InChI=1S/C5H3FN2O4.C4H4N2O2/c6-1-2(4(10)11)7-5(12)8-3(1)9;7-3-1-2-5-4(8)6-3/h(H,10,11)(H2,7,8,9,12);1-2H,(H2,5,6,7,8). The maximum absolute atomic E-state index is 12.5. The summed E-state index contributed by atoms with van der Waals surface area (Å²) in [6, 6.07) is 1.24. The maximum Gasteiger partial charge on any atom is 0.355 e. The topological polar surface area (TPSA) is 169 Å². The molecular formula is C9H7FN4O6. The smallest absolute Gasteiger partial charge is 0.355 e. The van der Waals surface area contributed by atoms with Crippen LogP contribution in [0.2, 0.25) is 0 Å². The molecule has 0 fully saturated rings. The lowest BCUT2D eigenvalue weighted by atomic mass is 10.4. The first-order valence-electron chi connectivity index (χ1n) is 4.84. The number of aromatic nitrogens is 4. The average molecular weight is 286 g/mol. The van der Waals surface area contributed by atoms with E-state index in [0.29, 0.717) is 0 Å². The molecule has 10 nitrogen and oxygen atoms in total.